The highest BCUT2D eigenvalue weighted by Gasteiger charge is 2.46. The molecule has 2 N–H and O–H groups in total. The molecule has 6 aromatic carbocycles. The zero-order chi connectivity index (χ0) is 38.6. The van der Waals surface area contributed by atoms with E-state index in [0.717, 1.165) is 35.4 Å². The molecule has 0 amide bonds. The Kier molecular flexibility index (Phi) is 7.54. The van der Waals surface area contributed by atoms with Crippen LogP contribution in [-0.4, -0.2) is 0 Å². The second kappa shape index (κ2) is 12.8. The number of hydrogen-bond donors (Lipinski definition) is 2. The van der Waals surface area contributed by atoms with E-state index in [1.807, 2.05) is 0 Å². The van der Waals surface area contributed by atoms with Crippen molar-refractivity contribution in [3.8, 4) is 33.4 Å². The van der Waals surface area contributed by atoms with Crippen molar-refractivity contribution in [3.63, 3.8) is 0 Å². The summed E-state index contributed by atoms with van der Waals surface area (Å²) in [6.07, 6.45) is 15.2. The van der Waals surface area contributed by atoms with Crippen LogP contribution >= 0.6 is 0 Å². The van der Waals surface area contributed by atoms with E-state index < -0.39 is 0 Å². The molecular weight excluding hydrogens is 705 g/mol. The fourth-order valence-electron chi connectivity index (χ4n) is 11.5. The average molecular weight is 753 g/mol. The summed E-state index contributed by atoms with van der Waals surface area (Å²) in [5.74, 6) is 1.10. The highest BCUT2D eigenvalue weighted by Crippen LogP contribution is 2.60. The van der Waals surface area contributed by atoms with Gasteiger partial charge in [-0.2, -0.15) is 0 Å². The second-order valence-electron chi connectivity index (χ2n) is 17.9. The number of benzene rings is 6. The third-order valence-corrected chi connectivity index (χ3v) is 14.4. The molecule has 2 heterocycles. The fourth-order valence-corrected chi connectivity index (χ4v) is 11.5. The number of allylic oxidation sites excluding steroid dienone is 1. The van der Waals surface area contributed by atoms with Gasteiger partial charge < -0.3 is 9.73 Å². The van der Waals surface area contributed by atoms with Gasteiger partial charge >= 0.3 is 0 Å². The topological polar surface area (TPSA) is 37.2 Å². The first kappa shape index (κ1) is 34.2. The zero-order valence-electron chi connectivity index (χ0n) is 33.4. The van der Waals surface area contributed by atoms with Crippen LogP contribution in [0.1, 0.15) is 115 Å². The van der Waals surface area contributed by atoms with Crippen LogP contribution in [0.5, 0.6) is 0 Å². The fraction of sp³-hybridized carbons (Fsp3) is 0.236. The van der Waals surface area contributed by atoms with Crippen LogP contribution in [0, 0.1) is 0 Å². The van der Waals surface area contributed by atoms with E-state index in [2.05, 4.69) is 170 Å². The van der Waals surface area contributed by atoms with Gasteiger partial charge in [-0.1, -0.05) is 142 Å². The van der Waals surface area contributed by atoms with Crippen molar-refractivity contribution in [1.82, 2.24) is 10.6 Å². The number of aryl methyl sites for hydroxylation is 1. The van der Waals surface area contributed by atoms with E-state index >= 15 is 0 Å². The van der Waals surface area contributed by atoms with Gasteiger partial charge in [0.05, 0.1) is 6.04 Å². The highest BCUT2D eigenvalue weighted by molar-refractivity contribution is 5.96. The number of furan rings is 1. The Labute approximate surface area is 341 Å². The summed E-state index contributed by atoms with van der Waals surface area (Å²) in [7, 11) is 0. The van der Waals surface area contributed by atoms with Crippen LogP contribution in [0.15, 0.2) is 144 Å². The van der Waals surface area contributed by atoms with E-state index in [1.165, 1.54) is 98.7 Å². The van der Waals surface area contributed by atoms with E-state index in [9.17, 15) is 0 Å². The minimum Gasteiger partial charge on any atom is -0.460 e. The lowest BCUT2D eigenvalue weighted by molar-refractivity contribution is 0.353. The summed E-state index contributed by atoms with van der Waals surface area (Å²) in [5, 5.41) is 9.02. The summed E-state index contributed by atoms with van der Waals surface area (Å²) in [6, 6.07) is 48.3. The van der Waals surface area contributed by atoms with Gasteiger partial charge in [0.1, 0.15) is 17.5 Å². The third-order valence-electron chi connectivity index (χ3n) is 14.4. The Hall–Kier alpha value is -5.90. The lowest BCUT2D eigenvalue weighted by atomic mass is 9.67. The number of nitrogens with one attached hydrogen (secondary N) is 2. The third kappa shape index (κ3) is 5.02. The molecule has 3 heteroatoms. The number of fused-ring (bicyclic) bond motifs is 11. The minimum atomic E-state index is -0.105. The monoisotopic (exact) mass is 752 g/mol. The molecule has 5 aliphatic rings. The molecule has 284 valence electrons. The molecule has 7 aromatic rings. The molecule has 1 aromatic heterocycles. The summed E-state index contributed by atoms with van der Waals surface area (Å²) in [5.41, 5.74) is 21.2. The van der Waals surface area contributed by atoms with Gasteiger partial charge in [-0.05, 0) is 122 Å². The molecule has 1 spiro atoms. The summed E-state index contributed by atoms with van der Waals surface area (Å²) >= 11 is 0. The molecule has 3 nitrogen and oxygen atoms in total. The quantitative estimate of drug-likeness (QED) is 0.188. The summed E-state index contributed by atoms with van der Waals surface area (Å²) < 4.78 is 6.44. The van der Waals surface area contributed by atoms with Crippen LogP contribution < -0.4 is 10.6 Å². The van der Waals surface area contributed by atoms with Crippen molar-refractivity contribution < 1.29 is 4.42 Å². The molecule has 0 radical (unpaired) electrons. The molecule has 1 saturated carbocycles. The van der Waals surface area contributed by atoms with Crippen LogP contribution in [0.4, 0.5) is 0 Å². The average Bonchev–Trinajstić information content (AvgIpc) is 3.86. The Bertz CT molecular complexity index is 2860. The first-order chi connectivity index (χ1) is 28.5. The SMILES string of the molecule is CC1(C)c2cc3c(cc2-c2c(-c4cccc(C5C=C(c6ccc7c8c(oc7c6)CCC=C8)NC(c6ccccc6)N5)c4)cccc21)C1(CCCCC1)c1ccccc1-3. The van der Waals surface area contributed by atoms with Crippen LogP contribution in [0.25, 0.3) is 56.1 Å². The maximum absolute atomic E-state index is 6.44. The van der Waals surface area contributed by atoms with Crippen molar-refractivity contribution in [2.24, 2.45) is 0 Å². The second-order valence-corrected chi connectivity index (χ2v) is 17.9. The molecule has 58 heavy (non-hydrogen) atoms. The smallest absolute Gasteiger partial charge is 0.135 e. The molecule has 0 saturated heterocycles. The van der Waals surface area contributed by atoms with Gasteiger partial charge in [-0.25, -0.2) is 0 Å². The maximum Gasteiger partial charge on any atom is 0.135 e. The highest BCUT2D eigenvalue weighted by atomic mass is 16.3. The minimum absolute atomic E-state index is 0.0155. The first-order valence-electron chi connectivity index (χ1n) is 21.5. The van der Waals surface area contributed by atoms with Gasteiger partial charge in [0.2, 0.25) is 0 Å². The van der Waals surface area contributed by atoms with Crippen molar-refractivity contribution in [2.45, 2.75) is 81.8 Å². The Morgan fingerprint density at radius 3 is 2.29 bits per heavy atom. The van der Waals surface area contributed by atoms with Gasteiger partial charge in [0.15, 0.2) is 0 Å². The molecule has 2 atom stereocenters. The van der Waals surface area contributed by atoms with Gasteiger partial charge in [0.25, 0.3) is 0 Å². The summed E-state index contributed by atoms with van der Waals surface area (Å²) in [4.78, 5) is 0. The number of rotatable bonds is 4. The molecule has 12 rings (SSSR count). The largest absolute Gasteiger partial charge is 0.460 e. The molecule has 1 fully saturated rings. The maximum atomic E-state index is 6.44. The van der Waals surface area contributed by atoms with Crippen molar-refractivity contribution in [1.29, 1.82) is 0 Å². The van der Waals surface area contributed by atoms with Crippen molar-refractivity contribution >= 4 is 22.7 Å². The first-order valence-corrected chi connectivity index (χ1v) is 21.5. The summed E-state index contributed by atoms with van der Waals surface area (Å²) in [6.45, 7) is 4.87. The van der Waals surface area contributed by atoms with Crippen LogP contribution in [0.2, 0.25) is 0 Å². The van der Waals surface area contributed by atoms with Crippen molar-refractivity contribution in [2.75, 3.05) is 0 Å². The number of hydrogen-bond acceptors (Lipinski definition) is 3. The Balaban J connectivity index is 0.972. The van der Waals surface area contributed by atoms with Crippen LogP contribution in [0.3, 0.4) is 0 Å². The van der Waals surface area contributed by atoms with E-state index in [0.29, 0.717) is 0 Å². The Morgan fingerprint density at radius 1 is 0.621 bits per heavy atom. The molecular formula is C55H48N2O. The van der Waals surface area contributed by atoms with Gasteiger partial charge in [-0.3, -0.25) is 5.32 Å². The normalized spacial score (nSPS) is 20.5. The lowest BCUT2D eigenvalue weighted by Gasteiger charge is -2.36. The predicted molar refractivity (Wildman–Crippen MR) is 238 cm³/mol. The Morgan fingerprint density at radius 2 is 1.40 bits per heavy atom. The van der Waals surface area contributed by atoms with E-state index in [4.69, 9.17) is 4.42 Å². The predicted octanol–water partition coefficient (Wildman–Crippen LogP) is 13.6. The van der Waals surface area contributed by atoms with Gasteiger partial charge in [-0.15, -0.1) is 0 Å². The van der Waals surface area contributed by atoms with Crippen molar-refractivity contribution in [3.05, 3.63) is 190 Å². The van der Waals surface area contributed by atoms with E-state index in [1.54, 1.807) is 11.1 Å². The molecule has 2 unspecified atom stereocenters. The molecule has 4 aliphatic carbocycles. The lowest BCUT2D eigenvalue weighted by Crippen LogP contribution is -2.39. The van der Waals surface area contributed by atoms with Gasteiger partial charge in [0, 0.05) is 39.5 Å². The zero-order valence-corrected chi connectivity index (χ0v) is 33.4. The van der Waals surface area contributed by atoms with E-state index in [-0.39, 0.29) is 23.0 Å². The molecule has 1 aliphatic heterocycles. The van der Waals surface area contributed by atoms with Crippen LogP contribution in [-0.2, 0) is 17.3 Å². The standard InChI is InChI=1S/C55H48N2O/c1-54(2)45-23-14-21-38(52(45)43-32-47-42(31-46(43)54)39-19-7-9-22-44(39)55(47)27-11-4-12-28-55)35-17-13-18-36(29-35)48-33-49(57-53(56-48)34-15-5-3-6-16-34)37-25-26-41-40-20-8-10-24-50(40)58-51(41)30-37/h3,5-9,13-23,25-26,29-33,48,53,56-57H,4,10-12,24,27-28H2,1-2H3. The molecule has 0 bridgehead atoms.